The summed E-state index contributed by atoms with van der Waals surface area (Å²) in [5.74, 6) is -3.71. The largest absolute Gasteiger partial charge is 0.459 e. The molecular formula is C49H54O20. The molecule has 3 fully saturated rings. The number of rotatable bonds is 18. The Balaban J connectivity index is 1.26. The fourth-order valence-electron chi connectivity index (χ4n) is 8.17. The van der Waals surface area contributed by atoms with Gasteiger partial charge in [0.05, 0.1) is 35.5 Å². The van der Waals surface area contributed by atoms with E-state index in [-0.39, 0.29) is 22.3 Å². The minimum atomic E-state index is -1.96. The van der Waals surface area contributed by atoms with Gasteiger partial charge in [-0.1, -0.05) is 72.8 Å². The van der Waals surface area contributed by atoms with E-state index in [2.05, 4.69) is 0 Å². The smallest absolute Gasteiger partial charge is 0.338 e. The minimum Gasteiger partial charge on any atom is -0.459 e. The quantitative estimate of drug-likeness (QED) is 0.0819. The van der Waals surface area contributed by atoms with Gasteiger partial charge in [0.15, 0.2) is 37.2 Å². The van der Waals surface area contributed by atoms with Crippen LogP contribution >= 0.6 is 0 Å². The summed E-state index contributed by atoms with van der Waals surface area (Å²) in [5, 5.41) is 44.7. The summed E-state index contributed by atoms with van der Waals surface area (Å²) in [6.45, 7) is -1.95. The van der Waals surface area contributed by atoms with Crippen LogP contribution in [0.15, 0.2) is 121 Å². The van der Waals surface area contributed by atoms with Crippen LogP contribution in [0, 0.1) is 0 Å². The lowest BCUT2D eigenvalue weighted by Crippen LogP contribution is -2.67. The van der Waals surface area contributed by atoms with E-state index >= 15 is 0 Å². The molecule has 3 heterocycles. The van der Waals surface area contributed by atoms with Crippen molar-refractivity contribution < 1.29 is 96.4 Å². The van der Waals surface area contributed by atoms with E-state index < -0.39 is 136 Å². The molecule has 7 rings (SSSR count). The van der Waals surface area contributed by atoms with Crippen molar-refractivity contribution >= 4 is 23.9 Å². The molecule has 0 saturated carbocycles. The zero-order chi connectivity index (χ0) is 49.0. The van der Waals surface area contributed by atoms with Gasteiger partial charge in [-0.15, -0.1) is 0 Å². The van der Waals surface area contributed by atoms with E-state index in [0.717, 1.165) is 0 Å². The molecule has 4 aromatic carbocycles. The van der Waals surface area contributed by atoms with Crippen molar-refractivity contribution in [3.05, 3.63) is 144 Å². The van der Waals surface area contributed by atoms with E-state index in [1.807, 2.05) is 0 Å². The highest BCUT2D eigenvalue weighted by atomic mass is 16.8. The van der Waals surface area contributed by atoms with Crippen molar-refractivity contribution in [1.82, 2.24) is 0 Å². The Kier molecular flexibility index (Phi) is 17.9. The van der Waals surface area contributed by atoms with Gasteiger partial charge in [-0.05, 0) is 48.5 Å². The lowest BCUT2D eigenvalue weighted by molar-refractivity contribution is -0.364. The van der Waals surface area contributed by atoms with Crippen LogP contribution in [0.4, 0.5) is 0 Å². The van der Waals surface area contributed by atoms with Gasteiger partial charge in [-0.25, -0.2) is 19.2 Å². The van der Waals surface area contributed by atoms with Gasteiger partial charge >= 0.3 is 23.9 Å². The Labute approximate surface area is 396 Å². The number of carbonyl (C=O) groups is 4. The highest BCUT2D eigenvalue weighted by Gasteiger charge is 2.57. The Morgan fingerprint density at radius 1 is 0.449 bits per heavy atom. The first-order valence-corrected chi connectivity index (χ1v) is 21.9. The molecule has 20 nitrogen and oxygen atoms in total. The molecular weight excluding hydrogens is 909 g/mol. The monoisotopic (exact) mass is 962 g/mol. The number of aliphatic hydroxyl groups excluding tert-OH is 4. The van der Waals surface area contributed by atoms with Crippen LogP contribution in [-0.2, 0) is 56.8 Å². The molecule has 0 bridgehead atoms. The third-order valence-electron chi connectivity index (χ3n) is 11.7. The number of hydrogen-bond donors (Lipinski definition) is 4. The summed E-state index contributed by atoms with van der Waals surface area (Å²) >= 11 is 0. The molecule has 3 aliphatic rings. The summed E-state index contributed by atoms with van der Waals surface area (Å²) in [4.78, 5) is 55.5. The molecule has 0 amide bonds. The Morgan fingerprint density at radius 3 is 1.36 bits per heavy atom. The summed E-state index contributed by atoms with van der Waals surface area (Å²) in [5.41, 5.74) is 0.280. The maximum atomic E-state index is 14.1. The average molecular weight is 963 g/mol. The minimum absolute atomic E-state index is 0.0259. The predicted octanol–water partition coefficient (Wildman–Crippen LogP) is 1.85. The van der Waals surface area contributed by atoms with Gasteiger partial charge in [0, 0.05) is 21.3 Å². The molecule has 4 aromatic rings. The zero-order valence-corrected chi connectivity index (χ0v) is 37.6. The van der Waals surface area contributed by atoms with E-state index in [9.17, 15) is 39.6 Å². The number of carbonyl (C=O) groups excluding carboxylic acids is 4. The predicted molar refractivity (Wildman–Crippen MR) is 234 cm³/mol. The molecule has 69 heavy (non-hydrogen) atoms. The lowest BCUT2D eigenvalue weighted by Gasteiger charge is -2.48. The summed E-state index contributed by atoms with van der Waals surface area (Å²) in [6, 6.07) is 31.1. The fourth-order valence-corrected chi connectivity index (χ4v) is 8.17. The SMILES string of the molecule is CO[C@@H]1[C@@H](OC)[C@@H](O)O[C@H](CO[C@H]2O[C@H](CO)[C@@H](O)[C@H](O[C@H]3O[C@H](COC(=O)c4ccccc4)[C@@H](OC(=O)c4ccccc4)[C@H](OC(=O)c4ccccc4)[C@@H]3OC(=O)c3ccccc3)[C@@H]2O)[C@H]1OC. The first-order chi connectivity index (χ1) is 33.5. The van der Waals surface area contributed by atoms with E-state index in [1.165, 1.54) is 69.9 Å². The Bertz CT molecular complexity index is 2250. The second-order valence-corrected chi connectivity index (χ2v) is 16.0. The highest BCUT2D eigenvalue weighted by molar-refractivity contribution is 5.91. The second kappa shape index (κ2) is 24.2. The van der Waals surface area contributed by atoms with E-state index in [1.54, 1.807) is 72.8 Å². The second-order valence-electron chi connectivity index (χ2n) is 16.0. The topological polar surface area (TPSA) is 260 Å². The summed E-state index contributed by atoms with van der Waals surface area (Å²) in [6.07, 6.45) is -23.0. The molecule has 0 radical (unpaired) electrons. The number of esters is 4. The highest BCUT2D eigenvalue weighted by Crippen LogP contribution is 2.35. The number of aliphatic hydroxyl groups is 4. The van der Waals surface area contributed by atoms with Crippen LogP contribution in [0.3, 0.4) is 0 Å². The van der Waals surface area contributed by atoms with Crippen molar-refractivity contribution in [1.29, 1.82) is 0 Å². The molecule has 15 atom stereocenters. The first-order valence-electron chi connectivity index (χ1n) is 21.9. The molecule has 3 aliphatic heterocycles. The molecule has 370 valence electrons. The number of hydrogen-bond acceptors (Lipinski definition) is 20. The van der Waals surface area contributed by atoms with Crippen molar-refractivity contribution in [2.75, 3.05) is 41.2 Å². The zero-order valence-electron chi connectivity index (χ0n) is 37.6. The number of methoxy groups -OCH3 is 3. The third-order valence-corrected chi connectivity index (χ3v) is 11.7. The summed E-state index contributed by atoms with van der Waals surface area (Å²) in [7, 11) is 4.12. The van der Waals surface area contributed by atoms with E-state index in [0.29, 0.717) is 0 Å². The van der Waals surface area contributed by atoms with Crippen LogP contribution in [0.2, 0.25) is 0 Å². The molecule has 0 aliphatic carbocycles. The maximum absolute atomic E-state index is 14.1. The van der Waals surface area contributed by atoms with Crippen molar-refractivity contribution in [3.63, 3.8) is 0 Å². The van der Waals surface area contributed by atoms with Crippen LogP contribution in [0.1, 0.15) is 41.4 Å². The van der Waals surface area contributed by atoms with Crippen molar-refractivity contribution in [2.45, 2.75) is 92.1 Å². The average Bonchev–Trinajstić information content (AvgIpc) is 3.38. The van der Waals surface area contributed by atoms with Gasteiger partial charge in [0.25, 0.3) is 0 Å². The van der Waals surface area contributed by atoms with Crippen LogP contribution in [0.5, 0.6) is 0 Å². The standard InChI is InChI=1S/C49H54O20/c1-58-36-32(63-47(57)41(60-3)39(36)59-2)26-62-48-35(52)38(34(51)31(24-50)64-48)69-49-42(68-46(56)30-22-14-7-15-23-30)40(67-45(55)29-20-12-6-13-21-29)37(66-44(54)28-18-10-5-11-19-28)33(65-49)25-61-43(53)27-16-8-4-9-17-27/h4-23,31-42,47-52,57H,24-26H2,1-3H3/t31-,32-,33-,34-,35+,36-,37-,38+,39+,40+,41-,42+,47+,48+,49-/m1/s1. The number of benzene rings is 4. The van der Waals surface area contributed by atoms with Gasteiger partial charge < -0.3 is 77.3 Å². The molecule has 0 unspecified atom stereocenters. The maximum Gasteiger partial charge on any atom is 0.338 e. The van der Waals surface area contributed by atoms with Gasteiger partial charge in [0.1, 0.15) is 61.5 Å². The molecule has 0 aromatic heterocycles. The summed E-state index contributed by atoms with van der Waals surface area (Å²) < 4.78 is 70.8. The van der Waals surface area contributed by atoms with E-state index in [4.69, 9.17) is 56.8 Å². The third kappa shape index (κ3) is 12.2. The molecule has 20 heteroatoms. The van der Waals surface area contributed by atoms with Crippen LogP contribution < -0.4 is 0 Å². The van der Waals surface area contributed by atoms with Gasteiger partial charge in [-0.3, -0.25) is 0 Å². The fraction of sp³-hybridized carbons (Fsp3) is 0.429. The first kappa shape index (κ1) is 51.1. The van der Waals surface area contributed by atoms with Crippen LogP contribution in [0.25, 0.3) is 0 Å². The van der Waals surface area contributed by atoms with Crippen molar-refractivity contribution in [2.24, 2.45) is 0 Å². The molecule has 4 N–H and O–H groups in total. The van der Waals surface area contributed by atoms with Crippen molar-refractivity contribution in [3.8, 4) is 0 Å². The van der Waals surface area contributed by atoms with Crippen LogP contribution in [-0.4, -0.2) is 178 Å². The lowest BCUT2D eigenvalue weighted by atomic mass is 9.96. The molecule has 3 saturated heterocycles. The Hall–Kier alpha value is -5.72. The Morgan fingerprint density at radius 2 is 0.884 bits per heavy atom. The van der Waals surface area contributed by atoms with Gasteiger partial charge in [-0.2, -0.15) is 0 Å². The normalized spacial score (nSPS) is 31.2. The number of ether oxygens (including phenoxy) is 12. The van der Waals surface area contributed by atoms with Gasteiger partial charge in [0.2, 0.25) is 0 Å². The molecule has 0 spiro atoms.